The highest BCUT2D eigenvalue weighted by Gasteiger charge is 2.40. The number of aliphatic carboxylic acids is 1. The number of carboxylic acids is 1. The summed E-state index contributed by atoms with van der Waals surface area (Å²) in [5.74, 6) is 0.435. The van der Waals surface area contributed by atoms with Gasteiger partial charge in [0.25, 0.3) is 0 Å². The third-order valence-electron chi connectivity index (χ3n) is 4.78. The van der Waals surface area contributed by atoms with Gasteiger partial charge in [-0.25, -0.2) is 0 Å². The molecule has 0 amide bonds. The van der Waals surface area contributed by atoms with Crippen LogP contribution in [0.25, 0.3) is 0 Å². The minimum Gasteiger partial charge on any atom is -0.481 e. The van der Waals surface area contributed by atoms with Gasteiger partial charge in [0.1, 0.15) is 5.78 Å². The Kier molecular flexibility index (Phi) is 11.0. The van der Waals surface area contributed by atoms with E-state index in [0.29, 0.717) is 13.0 Å². The molecule has 1 saturated carbocycles. The van der Waals surface area contributed by atoms with Crippen molar-refractivity contribution in [2.24, 2.45) is 5.92 Å². The van der Waals surface area contributed by atoms with Gasteiger partial charge in [-0.1, -0.05) is 36.4 Å². The Morgan fingerprint density at radius 3 is 2.83 bits per heavy atom. The van der Waals surface area contributed by atoms with Crippen LogP contribution in [-0.4, -0.2) is 68.9 Å². The number of methoxy groups -OCH3 is 1. The standard InChI is InChI=1S/C22H30O6S2/c1-28-13-16-5-2-4-15(10-16)11-17(23)6-7-18-19(24)12-20(25)22(18)30-9-3-8-29-14-21(26)27/h2,4-7,10,17-19,22-24H,3,8-9,11-14H2,1H3,(H,26,27)/t17?,18-,19?,22?/m0/s1. The summed E-state index contributed by atoms with van der Waals surface area (Å²) in [6, 6.07) is 7.85. The lowest BCUT2D eigenvalue weighted by molar-refractivity contribution is -0.133. The van der Waals surface area contributed by atoms with Gasteiger partial charge in [0.2, 0.25) is 0 Å². The van der Waals surface area contributed by atoms with Crippen molar-refractivity contribution >= 4 is 35.3 Å². The molecule has 1 aromatic rings. The van der Waals surface area contributed by atoms with Crippen LogP contribution in [0.15, 0.2) is 36.4 Å². The van der Waals surface area contributed by atoms with E-state index in [4.69, 9.17) is 9.84 Å². The van der Waals surface area contributed by atoms with Crippen LogP contribution in [0.4, 0.5) is 0 Å². The average Bonchev–Trinajstić information content (AvgIpc) is 2.95. The van der Waals surface area contributed by atoms with Crippen LogP contribution >= 0.6 is 23.5 Å². The Bertz CT molecular complexity index is 723. The van der Waals surface area contributed by atoms with Crippen molar-refractivity contribution < 1.29 is 29.6 Å². The van der Waals surface area contributed by atoms with E-state index in [1.54, 1.807) is 19.3 Å². The Morgan fingerprint density at radius 1 is 1.33 bits per heavy atom. The number of thioether (sulfide) groups is 2. The number of benzene rings is 1. The zero-order valence-electron chi connectivity index (χ0n) is 17.1. The SMILES string of the molecule is COCc1cccc(CC(O)C=C[C@H]2C(O)CC(=O)C2SCCCSCC(=O)O)c1. The second-order valence-corrected chi connectivity index (χ2v) is 9.67. The molecule has 1 aliphatic carbocycles. The average molecular weight is 455 g/mol. The fraction of sp³-hybridized carbons (Fsp3) is 0.545. The second-order valence-electron chi connectivity index (χ2n) is 7.32. The number of aliphatic hydroxyl groups is 2. The zero-order chi connectivity index (χ0) is 21.9. The van der Waals surface area contributed by atoms with Gasteiger partial charge in [0.15, 0.2) is 0 Å². The van der Waals surface area contributed by atoms with Gasteiger partial charge in [0, 0.05) is 25.9 Å². The van der Waals surface area contributed by atoms with Crippen molar-refractivity contribution in [3.63, 3.8) is 0 Å². The summed E-state index contributed by atoms with van der Waals surface area (Å²) in [4.78, 5) is 22.8. The summed E-state index contributed by atoms with van der Waals surface area (Å²) in [6.07, 6.45) is 3.40. The Labute approximate surface area is 186 Å². The number of rotatable bonds is 13. The highest BCUT2D eigenvalue weighted by molar-refractivity contribution is 8.01. The fourth-order valence-corrected chi connectivity index (χ4v) is 5.61. The van der Waals surface area contributed by atoms with Crippen molar-refractivity contribution in [3.05, 3.63) is 47.5 Å². The van der Waals surface area contributed by atoms with Gasteiger partial charge in [-0.05, 0) is 29.1 Å². The van der Waals surface area contributed by atoms with E-state index in [1.165, 1.54) is 23.5 Å². The molecule has 8 heteroatoms. The second kappa shape index (κ2) is 13.2. The number of carboxylic acid groups (broad SMARTS) is 1. The lowest BCUT2D eigenvalue weighted by Gasteiger charge is -2.17. The molecule has 0 spiro atoms. The molecule has 0 saturated heterocycles. The minimum absolute atomic E-state index is 0.0297. The minimum atomic E-state index is -0.823. The lowest BCUT2D eigenvalue weighted by Crippen LogP contribution is -2.22. The first-order valence-electron chi connectivity index (χ1n) is 9.95. The summed E-state index contributed by atoms with van der Waals surface area (Å²) in [7, 11) is 1.64. The van der Waals surface area contributed by atoms with Gasteiger partial charge in [-0.15, -0.1) is 11.8 Å². The number of hydrogen-bond donors (Lipinski definition) is 3. The van der Waals surface area contributed by atoms with Crippen molar-refractivity contribution in [1.82, 2.24) is 0 Å². The maximum Gasteiger partial charge on any atom is 0.313 e. The van der Waals surface area contributed by atoms with Gasteiger partial charge < -0.3 is 20.1 Å². The van der Waals surface area contributed by atoms with Crippen molar-refractivity contribution in [2.45, 2.75) is 43.3 Å². The molecule has 2 rings (SSSR count). The smallest absolute Gasteiger partial charge is 0.313 e. The molecular formula is C22H30O6S2. The highest BCUT2D eigenvalue weighted by Crippen LogP contribution is 2.34. The summed E-state index contributed by atoms with van der Waals surface area (Å²) >= 11 is 2.87. The molecule has 0 heterocycles. The number of carbonyl (C=O) groups excluding carboxylic acids is 1. The topological polar surface area (TPSA) is 104 Å². The van der Waals surface area contributed by atoms with Crippen LogP contribution in [0.5, 0.6) is 0 Å². The zero-order valence-corrected chi connectivity index (χ0v) is 18.7. The van der Waals surface area contributed by atoms with Crippen LogP contribution < -0.4 is 0 Å². The van der Waals surface area contributed by atoms with E-state index < -0.39 is 18.2 Å². The summed E-state index contributed by atoms with van der Waals surface area (Å²) in [5.41, 5.74) is 2.04. The molecule has 30 heavy (non-hydrogen) atoms. The first-order chi connectivity index (χ1) is 14.4. The maximum absolute atomic E-state index is 12.3. The molecule has 166 valence electrons. The number of carbonyl (C=O) groups is 2. The molecule has 1 aliphatic rings. The quantitative estimate of drug-likeness (QED) is 0.309. The molecule has 0 bridgehead atoms. The molecular weight excluding hydrogens is 424 g/mol. The summed E-state index contributed by atoms with van der Waals surface area (Å²) in [5, 5.41) is 29.0. The molecule has 0 radical (unpaired) electrons. The number of aliphatic hydroxyl groups excluding tert-OH is 2. The first-order valence-corrected chi connectivity index (χ1v) is 12.2. The molecule has 6 nitrogen and oxygen atoms in total. The predicted octanol–water partition coefficient (Wildman–Crippen LogP) is 2.55. The predicted molar refractivity (Wildman–Crippen MR) is 121 cm³/mol. The van der Waals surface area contributed by atoms with Crippen molar-refractivity contribution in [2.75, 3.05) is 24.4 Å². The van der Waals surface area contributed by atoms with Crippen LogP contribution in [0, 0.1) is 5.92 Å². The van der Waals surface area contributed by atoms with E-state index in [0.717, 1.165) is 29.1 Å². The Morgan fingerprint density at radius 2 is 2.10 bits per heavy atom. The molecule has 1 fully saturated rings. The molecule has 4 atom stereocenters. The first kappa shape index (κ1) is 24.9. The summed E-state index contributed by atoms with van der Waals surface area (Å²) in [6.45, 7) is 0.518. The number of Topliss-reactive ketones (excluding diaryl/α,β-unsaturated/α-hetero) is 1. The molecule has 1 aromatic carbocycles. The number of hydrogen-bond acceptors (Lipinski definition) is 7. The van der Waals surface area contributed by atoms with Crippen LogP contribution in [0.1, 0.15) is 24.0 Å². The van der Waals surface area contributed by atoms with E-state index in [1.807, 2.05) is 24.3 Å². The number of ketones is 1. The van der Waals surface area contributed by atoms with Gasteiger partial charge >= 0.3 is 5.97 Å². The molecule has 3 N–H and O–H groups in total. The molecule has 0 aromatic heterocycles. The largest absolute Gasteiger partial charge is 0.481 e. The van der Waals surface area contributed by atoms with E-state index in [-0.39, 0.29) is 29.1 Å². The van der Waals surface area contributed by atoms with Crippen molar-refractivity contribution in [1.29, 1.82) is 0 Å². The Balaban J connectivity index is 1.85. The normalized spacial score (nSPS) is 22.6. The van der Waals surface area contributed by atoms with Crippen molar-refractivity contribution in [3.8, 4) is 0 Å². The maximum atomic E-state index is 12.3. The monoisotopic (exact) mass is 454 g/mol. The van der Waals surface area contributed by atoms with Gasteiger partial charge in [-0.3, -0.25) is 9.59 Å². The Hall–Kier alpha value is -1.32. The third kappa shape index (κ3) is 8.43. The number of ether oxygens (including phenoxy) is 1. The summed E-state index contributed by atoms with van der Waals surface area (Å²) < 4.78 is 5.13. The lowest BCUT2D eigenvalue weighted by atomic mass is 10.0. The van der Waals surface area contributed by atoms with Gasteiger partial charge in [0.05, 0.1) is 29.8 Å². The fourth-order valence-electron chi connectivity index (χ4n) is 3.42. The van der Waals surface area contributed by atoms with Crippen LogP contribution in [0.3, 0.4) is 0 Å². The van der Waals surface area contributed by atoms with Crippen LogP contribution in [-0.2, 0) is 27.4 Å². The van der Waals surface area contributed by atoms with E-state index in [9.17, 15) is 19.8 Å². The highest BCUT2D eigenvalue weighted by atomic mass is 32.2. The van der Waals surface area contributed by atoms with Gasteiger partial charge in [-0.2, -0.15) is 11.8 Å². The third-order valence-corrected chi connectivity index (χ3v) is 7.27. The molecule has 0 aliphatic heterocycles. The van der Waals surface area contributed by atoms with Crippen LogP contribution in [0.2, 0.25) is 0 Å². The molecule has 3 unspecified atom stereocenters. The van der Waals surface area contributed by atoms with E-state index >= 15 is 0 Å². The van der Waals surface area contributed by atoms with E-state index in [2.05, 4.69) is 0 Å².